The topological polar surface area (TPSA) is 65.7 Å². The monoisotopic (exact) mass is 357 g/mol. The molecule has 0 aliphatic heterocycles. The smallest absolute Gasteiger partial charge is 0.321 e. The summed E-state index contributed by atoms with van der Waals surface area (Å²) in [6, 6.07) is 9.10. The molecule has 0 aliphatic carbocycles. The van der Waals surface area contributed by atoms with Crippen LogP contribution in [-0.4, -0.2) is 24.5 Å². The van der Waals surface area contributed by atoms with Gasteiger partial charge < -0.3 is 4.74 Å². The quantitative estimate of drug-likeness (QED) is 0.546. The third-order valence-electron chi connectivity index (χ3n) is 3.33. The Kier molecular flexibility index (Phi) is 3.76. The fourth-order valence-electron chi connectivity index (χ4n) is 2.31. The lowest BCUT2D eigenvalue weighted by atomic mass is 10.2. The van der Waals surface area contributed by atoms with E-state index in [1.54, 1.807) is 53.6 Å². The average molecular weight is 358 g/mol. The number of benzene rings is 1. The van der Waals surface area contributed by atoms with Crippen LogP contribution in [0.2, 0.25) is 10.2 Å². The van der Waals surface area contributed by atoms with Gasteiger partial charge in [-0.05, 0) is 30.3 Å². The van der Waals surface area contributed by atoms with E-state index >= 15 is 0 Å². The van der Waals surface area contributed by atoms with Gasteiger partial charge in [-0.1, -0.05) is 23.2 Å². The zero-order chi connectivity index (χ0) is 16.5. The lowest BCUT2D eigenvalue weighted by Crippen LogP contribution is -1.99. The summed E-state index contributed by atoms with van der Waals surface area (Å²) in [6.07, 6.45) is 6.49. The van der Waals surface area contributed by atoms with Crippen molar-refractivity contribution in [3.8, 4) is 17.7 Å². The Labute approximate surface area is 146 Å². The zero-order valence-corrected chi connectivity index (χ0v) is 13.6. The van der Waals surface area contributed by atoms with E-state index in [1.807, 2.05) is 6.07 Å². The second-order valence-electron chi connectivity index (χ2n) is 4.80. The number of hydrogen-bond acceptors (Lipinski definition) is 5. The third kappa shape index (κ3) is 2.55. The number of rotatable bonds is 3. The first kappa shape index (κ1) is 14.9. The molecule has 1 aromatic carbocycles. The molecule has 4 rings (SSSR count). The summed E-state index contributed by atoms with van der Waals surface area (Å²) in [5, 5.41) is 1.46. The molecular formula is C16H9Cl2N5O. The largest absolute Gasteiger partial charge is 0.424 e. The third-order valence-corrected chi connectivity index (χ3v) is 4.16. The molecule has 118 valence electrons. The Morgan fingerprint density at radius 3 is 2.25 bits per heavy atom. The molecule has 24 heavy (non-hydrogen) atoms. The van der Waals surface area contributed by atoms with Crippen LogP contribution in [0.1, 0.15) is 0 Å². The van der Waals surface area contributed by atoms with Crippen molar-refractivity contribution in [2.45, 2.75) is 0 Å². The normalized spacial score (nSPS) is 10.9. The van der Waals surface area contributed by atoms with Gasteiger partial charge in [0.1, 0.15) is 10.9 Å². The van der Waals surface area contributed by atoms with Gasteiger partial charge in [0, 0.05) is 30.2 Å². The predicted octanol–water partition coefficient (Wildman–Crippen LogP) is 4.31. The highest BCUT2D eigenvalue weighted by molar-refractivity contribution is 6.45. The van der Waals surface area contributed by atoms with Crippen LogP contribution in [0.3, 0.4) is 0 Å². The summed E-state index contributed by atoms with van der Waals surface area (Å²) in [6.45, 7) is 0. The fraction of sp³-hybridized carbons (Fsp3) is 0. The lowest BCUT2D eigenvalue weighted by molar-refractivity contribution is 0.442. The van der Waals surface area contributed by atoms with Crippen LogP contribution in [0.4, 0.5) is 0 Å². The Hall–Kier alpha value is -2.70. The van der Waals surface area contributed by atoms with E-state index < -0.39 is 0 Å². The zero-order valence-electron chi connectivity index (χ0n) is 12.1. The van der Waals surface area contributed by atoms with E-state index in [1.165, 1.54) is 0 Å². The summed E-state index contributed by atoms with van der Waals surface area (Å²) in [5.41, 5.74) is 0.775. The fourth-order valence-corrected chi connectivity index (χ4v) is 2.81. The number of ether oxygens (including phenoxy) is 1. The van der Waals surface area contributed by atoms with Crippen LogP contribution in [0, 0.1) is 0 Å². The van der Waals surface area contributed by atoms with Crippen molar-refractivity contribution in [3.63, 3.8) is 0 Å². The molecule has 3 aromatic heterocycles. The molecule has 0 radical (unpaired) electrons. The first-order valence-electron chi connectivity index (χ1n) is 6.96. The average Bonchev–Trinajstić information content (AvgIpc) is 2.88. The van der Waals surface area contributed by atoms with E-state index in [2.05, 4.69) is 19.9 Å². The number of halogens is 2. The highest BCUT2D eigenvalue weighted by Gasteiger charge is 2.17. The van der Waals surface area contributed by atoms with E-state index in [0.717, 1.165) is 10.9 Å². The van der Waals surface area contributed by atoms with Crippen molar-refractivity contribution >= 4 is 34.1 Å². The Balaban J connectivity index is 1.83. The summed E-state index contributed by atoms with van der Waals surface area (Å²) in [5.74, 6) is 0.998. The predicted molar refractivity (Wildman–Crippen MR) is 91.0 cm³/mol. The maximum atomic E-state index is 6.38. The van der Waals surface area contributed by atoms with Gasteiger partial charge >= 0.3 is 6.01 Å². The molecule has 0 fully saturated rings. The molecule has 6 nitrogen and oxygen atoms in total. The van der Waals surface area contributed by atoms with Gasteiger partial charge in [-0.25, -0.2) is 19.9 Å². The first-order valence-corrected chi connectivity index (χ1v) is 7.71. The molecule has 0 amide bonds. The second-order valence-corrected chi connectivity index (χ2v) is 5.54. The van der Waals surface area contributed by atoms with Gasteiger partial charge in [-0.3, -0.25) is 4.57 Å². The van der Waals surface area contributed by atoms with Gasteiger partial charge in [0.2, 0.25) is 5.95 Å². The number of nitrogens with zero attached hydrogens (tertiary/aromatic N) is 5. The van der Waals surface area contributed by atoms with Crippen molar-refractivity contribution in [2.75, 3.05) is 0 Å². The van der Waals surface area contributed by atoms with Gasteiger partial charge in [0.15, 0.2) is 0 Å². The van der Waals surface area contributed by atoms with Crippen LogP contribution >= 0.6 is 23.2 Å². The molecule has 0 atom stereocenters. The Bertz CT molecular complexity index is 1010. The molecule has 0 N–H and O–H groups in total. The van der Waals surface area contributed by atoms with Crippen molar-refractivity contribution < 1.29 is 4.74 Å². The minimum Gasteiger partial charge on any atom is -0.424 e. The maximum absolute atomic E-state index is 6.38. The van der Waals surface area contributed by atoms with Crippen LogP contribution < -0.4 is 4.74 Å². The van der Waals surface area contributed by atoms with E-state index in [0.29, 0.717) is 21.9 Å². The number of fused-ring (bicyclic) bond motifs is 1. The van der Waals surface area contributed by atoms with Crippen LogP contribution in [-0.2, 0) is 0 Å². The van der Waals surface area contributed by atoms with Gasteiger partial charge in [0.05, 0.1) is 10.5 Å². The van der Waals surface area contributed by atoms with Crippen molar-refractivity contribution in [2.24, 2.45) is 0 Å². The SMILES string of the molecule is Clc1c(Cl)n(-c2ncccn2)c2ccc(Oc3ncccn3)cc12. The lowest BCUT2D eigenvalue weighted by Gasteiger charge is -2.05. The minimum absolute atomic E-state index is 0.255. The molecule has 0 saturated heterocycles. The Morgan fingerprint density at radius 1 is 0.875 bits per heavy atom. The standard InChI is InChI=1S/C16H9Cl2N5O/c17-13-11-9-10(24-16-21-7-2-8-22-16)3-4-12(11)23(14(13)18)15-19-5-1-6-20-15/h1-9H. The van der Waals surface area contributed by atoms with E-state index in [4.69, 9.17) is 27.9 Å². The molecule has 0 unspecified atom stereocenters. The molecule has 0 spiro atoms. The van der Waals surface area contributed by atoms with Crippen LogP contribution in [0.25, 0.3) is 16.9 Å². The van der Waals surface area contributed by atoms with Gasteiger partial charge in [0.25, 0.3) is 0 Å². The summed E-state index contributed by atoms with van der Waals surface area (Å²) in [4.78, 5) is 16.5. The highest BCUT2D eigenvalue weighted by Crippen LogP contribution is 2.38. The first-order chi connectivity index (χ1) is 11.7. The molecule has 0 bridgehead atoms. The van der Waals surface area contributed by atoms with E-state index in [9.17, 15) is 0 Å². The van der Waals surface area contributed by atoms with Crippen molar-refractivity contribution in [1.82, 2.24) is 24.5 Å². The number of hydrogen-bond donors (Lipinski definition) is 0. The molecule has 8 heteroatoms. The molecular weight excluding hydrogens is 349 g/mol. The summed E-state index contributed by atoms with van der Waals surface area (Å²) in [7, 11) is 0. The second kappa shape index (κ2) is 6.07. The van der Waals surface area contributed by atoms with E-state index in [-0.39, 0.29) is 6.01 Å². The molecule has 0 aliphatic rings. The van der Waals surface area contributed by atoms with Crippen LogP contribution in [0.5, 0.6) is 11.8 Å². The molecule has 3 heterocycles. The molecule has 4 aromatic rings. The van der Waals surface area contributed by atoms with Crippen molar-refractivity contribution in [3.05, 3.63) is 65.3 Å². The summed E-state index contributed by atoms with van der Waals surface area (Å²) >= 11 is 12.7. The minimum atomic E-state index is 0.255. The number of aromatic nitrogens is 5. The Morgan fingerprint density at radius 2 is 1.54 bits per heavy atom. The molecule has 0 saturated carbocycles. The van der Waals surface area contributed by atoms with Crippen molar-refractivity contribution in [1.29, 1.82) is 0 Å². The van der Waals surface area contributed by atoms with Gasteiger partial charge in [-0.15, -0.1) is 0 Å². The maximum Gasteiger partial charge on any atom is 0.321 e. The summed E-state index contributed by atoms with van der Waals surface area (Å²) < 4.78 is 7.31. The van der Waals surface area contributed by atoms with Gasteiger partial charge in [-0.2, -0.15) is 0 Å². The van der Waals surface area contributed by atoms with Crippen LogP contribution in [0.15, 0.2) is 55.1 Å². The highest BCUT2D eigenvalue weighted by atomic mass is 35.5.